The van der Waals surface area contributed by atoms with Gasteiger partial charge in [-0.3, -0.25) is 10.1 Å². The third-order valence-corrected chi connectivity index (χ3v) is 3.63. The fourth-order valence-electron chi connectivity index (χ4n) is 2.13. The van der Waals surface area contributed by atoms with E-state index in [1.807, 2.05) is 31.2 Å². The van der Waals surface area contributed by atoms with Gasteiger partial charge in [-0.2, -0.15) is 14.9 Å². The molecule has 2 aromatic carbocycles. The molecule has 0 aliphatic heterocycles. The molecule has 0 bridgehead atoms. The number of nitro benzene ring substituents is 1. The van der Waals surface area contributed by atoms with Gasteiger partial charge in [0, 0.05) is 23.3 Å². The molecule has 7 nitrogen and oxygen atoms in total. The normalized spacial score (nSPS) is 11.0. The molecule has 0 amide bonds. The Kier molecular flexibility index (Phi) is 4.30. The Morgan fingerprint density at radius 2 is 2.04 bits per heavy atom. The first-order valence-electron chi connectivity index (χ1n) is 7.08. The second-order valence-electron chi connectivity index (χ2n) is 5.13. The zero-order valence-electron chi connectivity index (χ0n) is 12.7. The third-order valence-electron chi connectivity index (χ3n) is 3.36. The second-order valence-corrected chi connectivity index (χ2v) is 5.51. The number of nitro groups is 1. The first kappa shape index (κ1) is 15.8. The number of nitrogens with one attached hydrogen (secondary N) is 1. The quantitative estimate of drug-likeness (QED) is 0.340. The summed E-state index contributed by atoms with van der Waals surface area (Å²) in [7, 11) is 0. The lowest BCUT2D eigenvalue weighted by Gasteiger charge is -2.01. The summed E-state index contributed by atoms with van der Waals surface area (Å²) in [6.07, 6.45) is 1.51. The average Bonchev–Trinajstić information content (AvgIpc) is 2.95. The molecule has 0 radical (unpaired) electrons. The molecule has 0 fully saturated rings. The third kappa shape index (κ3) is 3.28. The van der Waals surface area contributed by atoms with Crippen molar-refractivity contribution in [1.82, 2.24) is 14.9 Å². The van der Waals surface area contributed by atoms with Crippen LogP contribution in [0, 0.1) is 21.8 Å². The van der Waals surface area contributed by atoms with E-state index >= 15 is 0 Å². The van der Waals surface area contributed by atoms with Gasteiger partial charge in [0.25, 0.3) is 5.69 Å². The molecule has 0 unspecified atom stereocenters. The van der Waals surface area contributed by atoms with Gasteiger partial charge in [-0.1, -0.05) is 42.0 Å². The van der Waals surface area contributed by atoms with E-state index in [9.17, 15) is 10.1 Å². The molecule has 8 heteroatoms. The Hall–Kier alpha value is -3.13. The van der Waals surface area contributed by atoms with Gasteiger partial charge in [-0.05, 0) is 19.1 Å². The van der Waals surface area contributed by atoms with Gasteiger partial charge in [0.2, 0.25) is 4.77 Å². The van der Waals surface area contributed by atoms with Gasteiger partial charge < -0.3 is 0 Å². The van der Waals surface area contributed by atoms with Crippen LogP contribution in [0.4, 0.5) is 5.69 Å². The van der Waals surface area contributed by atoms with Crippen LogP contribution in [0.1, 0.15) is 11.1 Å². The van der Waals surface area contributed by atoms with Crippen molar-refractivity contribution in [2.75, 3.05) is 0 Å². The van der Waals surface area contributed by atoms with Crippen LogP contribution in [0.5, 0.6) is 0 Å². The van der Waals surface area contributed by atoms with Crippen LogP contribution < -0.4 is 0 Å². The predicted molar refractivity (Wildman–Crippen MR) is 93.7 cm³/mol. The SMILES string of the molecule is Cc1ccc(-c2n[nH]c(=S)n2N=Cc2cccc([N+](=O)[O-])c2)cc1. The molecule has 0 atom stereocenters. The summed E-state index contributed by atoms with van der Waals surface area (Å²) in [4.78, 5) is 10.4. The topological polar surface area (TPSA) is 89.1 Å². The number of non-ortho nitro benzene ring substituents is 1. The number of aromatic nitrogens is 3. The van der Waals surface area contributed by atoms with Crippen molar-refractivity contribution in [3.63, 3.8) is 0 Å². The molecule has 0 saturated heterocycles. The van der Waals surface area contributed by atoms with E-state index in [-0.39, 0.29) is 5.69 Å². The van der Waals surface area contributed by atoms with Gasteiger partial charge in [0.05, 0.1) is 11.1 Å². The predicted octanol–water partition coefficient (Wildman–Crippen LogP) is 3.71. The zero-order chi connectivity index (χ0) is 17.1. The highest BCUT2D eigenvalue weighted by Gasteiger charge is 2.08. The molecule has 0 saturated carbocycles. The standard InChI is InChI=1S/C16H13N5O2S/c1-11-5-7-13(8-6-11)15-18-19-16(24)20(15)17-10-12-3-2-4-14(9-12)21(22)23/h2-10H,1H3,(H,19,24). The Morgan fingerprint density at radius 1 is 1.29 bits per heavy atom. The van der Waals surface area contributed by atoms with Gasteiger partial charge in [0.1, 0.15) is 0 Å². The van der Waals surface area contributed by atoms with Crippen LogP contribution in [0.25, 0.3) is 11.4 Å². The summed E-state index contributed by atoms with van der Waals surface area (Å²) < 4.78 is 1.83. The van der Waals surface area contributed by atoms with Crippen LogP contribution in [-0.2, 0) is 0 Å². The summed E-state index contributed by atoms with van der Waals surface area (Å²) in [6, 6.07) is 14.0. The first-order chi connectivity index (χ1) is 11.5. The number of nitrogens with zero attached hydrogens (tertiary/aromatic N) is 4. The van der Waals surface area contributed by atoms with Gasteiger partial charge >= 0.3 is 0 Å². The van der Waals surface area contributed by atoms with Gasteiger partial charge in [-0.25, -0.2) is 5.10 Å². The maximum atomic E-state index is 10.8. The highest BCUT2D eigenvalue weighted by molar-refractivity contribution is 7.71. The van der Waals surface area contributed by atoms with E-state index in [1.165, 1.54) is 23.0 Å². The van der Waals surface area contributed by atoms with Crippen molar-refractivity contribution in [3.05, 3.63) is 74.5 Å². The lowest BCUT2D eigenvalue weighted by atomic mass is 10.1. The molecular formula is C16H13N5O2S. The highest BCUT2D eigenvalue weighted by atomic mass is 32.1. The lowest BCUT2D eigenvalue weighted by Crippen LogP contribution is -1.96. The maximum Gasteiger partial charge on any atom is 0.270 e. The fraction of sp³-hybridized carbons (Fsp3) is 0.0625. The maximum absolute atomic E-state index is 10.8. The molecule has 1 heterocycles. The molecule has 0 aliphatic carbocycles. The van der Waals surface area contributed by atoms with Crippen molar-refractivity contribution in [2.45, 2.75) is 6.92 Å². The Morgan fingerprint density at radius 3 is 2.75 bits per heavy atom. The van der Waals surface area contributed by atoms with Crippen molar-refractivity contribution in [1.29, 1.82) is 0 Å². The van der Waals surface area contributed by atoms with E-state index in [0.29, 0.717) is 16.2 Å². The van der Waals surface area contributed by atoms with Crippen LogP contribution in [0.15, 0.2) is 53.6 Å². The minimum atomic E-state index is -0.446. The number of benzene rings is 2. The number of hydrogen-bond donors (Lipinski definition) is 1. The summed E-state index contributed by atoms with van der Waals surface area (Å²) in [6.45, 7) is 2.00. The molecule has 120 valence electrons. The molecule has 0 spiro atoms. The van der Waals surface area contributed by atoms with Crippen LogP contribution >= 0.6 is 12.2 Å². The minimum Gasteiger partial charge on any atom is -0.258 e. The van der Waals surface area contributed by atoms with Crippen molar-refractivity contribution < 1.29 is 4.92 Å². The van der Waals surface area contributed by atoms with Crippen molar-refractivity contribution in [2.24, 2.45) is 5.10 Å². The average molecular weight is 339 g/mol. The van der Waals surface area contributed by atoms with Crippen LogP contribution in [-0.4, -0.2) is 26.0 Å². The summed E-state index contributed by atoms with van der Waals surface area (Å²) in [5.41, 5.74) is 2.61. The van der Waals surface area contributed by atoms with Crippen molar-refractivity contribution in [3.8, 4) is 11.4 Å². The highest BCUT2D eigenvalue weighted by Crippen LogP contribution is 2.18. The lowest BCUT2D eigenvalue weighted by molar-refractivity contribution is -0.384. The number of aryl methyl sites for hydroxylation is 1. The van der Waals surface area contributed by atoms with Crippen LogP contribution in [0.3, 0.4) is 0 Å². The van der Waals surface area contributed by atoms with E-state index in [0.717, 1.165) is 11.1 Å². The largest absolute Gasteiger partial charge is 0.270 e. The minimum absolute atomic E-state index is 0.00787. The molecular weight excluding hydrogens is 326 g/mol. The zero-order valence-corrected chi connectivity index (χ0v) is 13.5. The molecule has 1 aromatic heterocycles. The van der Waals surface area contributed by atoms with Crippen molar-refractivity contribution >= 4 is 24.1 Å². The number of aromatic amines is 1. The van der Waals surface area contributed by atoms with Gasteiger partial charge in [0.15, 0.2) is 5.82 Å². The molecule has 3 rings (SSSR count). The number of rotatable bonds is 4. The summed E-state index contributed by atoms with van der Waals surface area (Å²) >= 11 is 5.20. The van der Waals surface area contributed by atoms with E-state index in [2.05, 4.69) is 15.3 Å². The fourth-order valence-corrected chi connectivity index (χ4v) is 2.31. The number of H-pyrrole nitrogens is 1. The molecule has 1 N–H and O–H groups in total. The molecule has 3 aromatic rings. The Bertz CT molecular complexity index is 973. The summed E-state index contributed by atoms with van der Waals surface area (Å²) in [5, 5.41) is 22.0. The van der Waals surface area contributed by atoms with E-state index in [1.54, 1.807) is 12.1 Å². The first-order valence-corrected chi connectivity index (χ1v) is 7.49. The number of hydrogen-bond acceptors (Lipinski definition) is 5. The van der Waals surface area contributed by atoms with E-state index in [4.69, 9.17) is 12.2 Å². The van der Waals surface area contributed by atoms with Gasteiger partial charge in [-0.15, -0.1) is 0 Å². The summed E-state index contributed by atoms with van der Waals surface area (Å²) in [5.74, 6) is 0.571. The second kappa shape index (κ2) is 6.55. The monoisotopic (exact) mass is 339 g/mol. The smallest absolute Gasteiger partial charge is 0.258 e. The Balaban J connectivity index is 1.97. The molecule has 0 aliphatic rings. The van der Waals surface area contributed by atoms with E-state index < -0.39 is 4.92 Å². The molecule has 24 heavy (non-hydrogen) atoms. The van der Waals surface area contributed by atoms with Crippen LogP contribution in [0.2, 0.25) is 0 Å². The Labute approximate surface area is 142 Å².